The fourth-order valence-corrected chi connectivity index (χ4v) is 1.38. The van der Waals surface area contributed by atoms with E-state index in [-0.39, 0.29) is 12.5 Å². The van der Waals surface area contributed by atoms with Crippen molar-refractivity contribution in [1.82, 2.24) is 5.32 Å². The molecule has 1 aromatic rings. The summed E-state index contributed by atoms with van der Waals surface area (Å²) in [4.78, 5) is 12.0. The minimum Gasteiger partial charge on any atom is -0.494 e. The lowest BCUT2D eigenvalue weighted by molar-refractivity contribution is 0.0866. The van der Waals surface area contributed by atoms with Gasteiger partial charge in [0.1, 0.15) is 0 Å². The molecule has 0 unspecified atom stereocenters. The largest absolute Gasteiger partial charge is 0.494 e. The van der Waals surface area contributed by atoms with Crippen LogP contribution in [0.5, 0.6) is 5.75 Å². The number of aliphatic hydroxyl groups excluding tert-OH is 1. The van der Waals surface area contributed by atoms with Crippen LogP contribution in [0.2, 0.25) is 0 Å². The molecule has 1 amide bonds. The maximum Gasteiger partial charge on any atom is 0.255 e. The molecule has 0 atom stereocenters. The van der Waals surface area contributed by atoms with Crippen LogP contribution in [0.15, 0.2) is 18.2 Å². The quantitative estimate of drug-likeness (QED) is 0.677. The molecule has 0 saturated carbocycles. The summed E-state index contributed by atoms with van der Waals surface area (Å²) in [5.74, 6) is 0.0203. The number of nitrogen functional groups attached to an aromatic ring is 1. The summed E-state index contributed by atoms with van der Waals surface area (Å²) in [7, 11) is 1.46. The summed E-state index contributed by atoms with van der Waals surface area (Å²) in [5.41, 5.74) is 5.78. The number of carbonyl (C=O) groups excluding carboxylic acids is 1. The van der Waals surface area contributed by atoms with E-state index in [0.717, 1.165) is 0 Å². The van der Waals surface area contributed by atoms with Crippen molar-refractivity contribution in [3.05, 3.63) is 23.8 Å². The number of benzene rings is 1. The number of nitrogens with two attached hydrogens (primary N) is 1. The van der Waals surface area contributed by atoms with Gasteiger partial charge in [0.15, 0.2) is 5.75 Å². The molecule has 0 aliphatic heterocycles. The second-order valence-corrected chi connectivity index (χ2v) is 4.42. The van der Waals surface area contributed by atoms with Gasteiger partial charge < -0.3 is 20.9 Å². The number of rotatable bonds is 4. The van der Waals surface area contributed by atoms with Crippen LogP contribution in [0.1, 0.15) is 24.2 Å². The van der Waals surface area contributed by atoms with E-state index in [2.05, 4.69) is 5.32 Å². The van der Waals surface area contributed by atoms with Crippen molar-refractivity contribution in [2.45, 2.75) is 19.4 Å². The third-order valence-corrected chi connectivity index (χ3v) is 2.34. The van der Waals surface area contributed by atoms with Crippen LogP contribution >= 0.6 is 0 Å². The smallest absolute Gasteiger partial charge is 0.255 e. The predicted molar refractivity (Wildman–Crippen MR) is 66.0 cm³/mol. The number of nitrogens with one attached hydrogen (secondary N) is 1. The van der Waals surface area contributed by atoms with Gasteiger partial charge in [-0.3, -0.25) is 4.79 Å². The summed E-state index contributed by atoms with van der Waals surface area (Å²) >= 11 is 0. The molecule has 0 spiro atoms. The van der Waals surface area contributed by atoms with Gasteiger partial charge in [-0.25, -0.2) is 0 Å². The summed E-state index contributed by atoms with van der Waals surface area (Å²) < 4.78 is 5.10. The minimum atomic E-state index is -0.688. The molecular formula is C12H18N2O3. The number of anilines is 1. The Labute approximate surface area is 101 Å². The number of aliphatic hydroxyl groups is 1. The second-order valence-electron chi connectivity index (χ2n) is 4.42. The highest BCUT2D eigenvalue weighted by atomic mass is 16.5. The van der Waals surface area contributed by atoms with Crippen molar-refractivity contribution in [3.8, 4) is 5.75 Å². The maximum absolute atomic E-state index is 12.0. The zero-order valence-electron chi connectivity index (χ0n) is 10.3. The van der Waals surface area contributed by atoms with Gasteiger partial charge in [0.05, 0.1) is 30.5 Å². The molecule has 0 aromatic heterocycles. The highest BCUT2D eigenvalue weighted by Gasteiger charge is 2.22. The zero-order chi connectivity index (χ0) is 13.1. The van der Waals surface area contributed by atoms with Gasteiger partial charge >= 0.3 is 0 Å². The van der Waals surface area contributed by atoms with Crippen LogP contribution in [0.25, 0.3) is 0 Å². The van der Waals surface area contributed by atoms with Crippen molar-refractivity contribution < 1.29 is 14.6 Å². The van der Waals surface area contributed by atoms with Crippen molar-refractivity contribution in [3.63, 3.8) is 0 Å². The Kier molecular flexibility index (Phi) is 3.96. The molecular weight excluding hydrogens is 220 g/mol. The Bertz CT molecular complexity index is 416. The number of amides is 1. The predicted octanol–water partition coefficient (Wildman–Crippen LogP) is 0.778. The Morgan fingerprint density at radius 1 is 1.53 bits per heavy atom. The number of carbonyl (C=O) groups is 1. The lowest BCUT2D eigenvalue weighted by atomic mass is 10.1. The SMILES string of the molecule is COc1c(N)cccc1C(=O)NC(C)(C)CO. The van der Waals surface area contributed by atoms with Crippen molar-refractivity contribution in [2.75, 3.05) is 19.5 Å². The fourth-order valence-electron chi connectivity index (χ4n) is 1.38. The van der Waals surface area contributed by atoms with E-state index in [1.165, 1.54) is 7.11 Å². The molecule has 1 rings (SSSR count). The van der Waals surface area contributed by atoms with Crippen LogP contribution < -0.4 is 15.8 Å². The van der Waals surface area contributed by atoms with Crippen molar-refractivity contribution in [2.24, 2.45) is 0 Å². The Balaban J connectivity index is 3.01. The molecule has 0 aliphatic carbocycles. The number of ether oxygens (including phenoxy) is 1. The van der Waals surface area contributed by atoms with Gasteiger partial charge in [0, 0.05) is 0 Å². The average Bonchev–Trinajstić information content (AvgIpc) is 2.28. The van der Waals surface area contributed by atoms with Crippen LogP contribution in [0.3, 0.4) is 0 Å². The molecule has 0 bridgehead atoms. The molecule has 0 aliphatic rings. The molecule has 0 heterocycles. The molecule has 0 radical (unpaired) electrons. The van der Waals surface area contributed by atoms with Gasteiger partial charge in [-0.1, -0.05) is 6.07 Å². The molecule has 5 nitrogen and oxygen atoms in total. The lowest BCUT2D eigenvalue weighted by Gasteiger charge is -2.24. The van der Waals surface area contributed by atoms with Gasteiger partial charge in [-0.05, 0) is 26.0 Å². The highest BCUT2D eigenvalue weighted by molar-refractivity contribution is 5.99. The fraction of sp³-hybridized carbons (Fsp3) is 0.417. The summed E-state index contributed by atoms with van der Waals surface area (Å²) in [6.07, 6.45) is 0. The first-order valence-electron chi connectivity index (χ1n) is 5.27. The zero-order valence-corrected chi connectivity index (χ0v) is 10.3. The number of hydrogen-bond acceptors (Lipinski definition) is 4. The van der Waals surface area contributed by atoms with Gasteiger partial charge in [0.25, 0.3) is 5.91 Å². The van der Waals surface area contributed by atoms with Crippen LogP contribution in [-0.4, -0.2) is 30.3 Å². The first-order valence-corrected chi connectivity index (χ1v) is 5.27. The van der Waals surface area contributed by atoms with Gasteiger partial charge in [-0.15, -0.1) is 0 Å². The summed E-state index contributed by atoms with van der Waals surface area (Å²) in [5, 5.41) is 11.8. The summed E-state index contributed by atoms with van der Waals surface area (Å²) in [6, 6.07) is 4.96. The minimum absolute atomic E-state index is 0.149. The van der Waals surface area contributed by atoms with E-state index in [9.17, 15) is 4.79 Å². The molecule has 0 fully saturated rings. The maximum atomic E-state index is 12.0. The van der Waals surface area contributed by atoms with E-state index in [1.54, 1.807) is 32.0 Å². The third-order valence-electron chi connectivity index (χ3n) is 2.34. The Morgan fingerprint density at radius 2 is 2.18 bits per heavy atom. The Morgan fingerprint density at radius 3 is 2.71 bits per heavy atom. The van der Waals surface area contributed by atoms with E-state index >= 15 is 0 Å². The number of methoxy groups -OCH3 is 1. The van der Waals surface area contributed by atoms with Crippen LogP contribution in [0, 0.1) is 0 Å². The van der Waals surface area contributed by atoms with E-state index in [4.69, 9.17) is 15.6 Å². The molecule has 0 saturated heterocycles. The monoisotopic (exact) mass is 238 g/mol. The lowest BCUT2D eigenvalue weighted by Crippen LogP contribution is -2.46. The Hall–Kier alpha value is -1.75. The van der Waals surface area contributed by atoms with Gasteiger partial charge in [-0.2, -0.15) is 0 Å². The standard InChI is InChI=1S/C12H18N2O3/c1-12(2,7-15)14-11(16)8-5-4-6-9(13)10(8)17-3/h4-6,15H,7,13H2,1-3H3,(H,14,16). The first-order chi connectivity index (χ1) is 7.91. The van der Waals surface area contributed by atoms with Crippen molar-refractivity contribution in [1.29, 1.82) is 0 Å². The molecule has 5 heteroatoms. The van der Waals surface area contributed by atoms with Crippen molar-refractivity contribution >= 4 is 11.6 Å². The molecule has 4 N–H and O–H groups in total. The average molecular weight is 238 g/mol. The first kappa shape index (κ1) is 13.3. The summed E-state index contributed by atoms with van der Waals surface area (Å²) in [6.45, 7) is 3.30. The normalized spacial score (nSPS) is 11.1. The van der Waals surface area contributed by atoms with Crippen LogP contribution in [0.4, 0.5) is 5.69 Å². The third kappa shape index (κ3) is 3.10. The second kappa shape index (κ2) is 5.05. The van der Waals surface area contributed by atoms with Crippen LogP contribution in [-0.2, 0) is 0 Å². The highest BCUT2D eigenvalue weighted by Crippen LogP contribution is 2.26. The molecule has 17 heavy (non-hydrogen) atoms. The molecule has 94 valence electrons. The topological polar surface area (TPSA) is 84.6 Å². The van der Waals surface area contributed by atoms with Gasteiger partial charge in [0.2, 0.25) is 0 Å². The van der Waals surface area contributed by atoms with E-state index in [0.29, 0.717) is 17.0 Å². The van der Waals surface area contributed by atoms with E-state index < -0.39 is 5.54 Å². The molecule has 1 aromatic carbocycles. The van der Waals surface area contributed by atoms with E-state index in [1.807, 2.05) is 0 Å². The number of hydrogen-bond donors (Lipinski definition) is 3. The number of para-hydroxylation sites is 1.